The molecule has 1 aromatic rings. The van der Waals surface area contributed by atoms with E-state index >= 15 is 0 Å². The smallest absolute Gasteiger partial charge is 0.256 e. The van der Waals surface area contributed by atoms with Gasteiger partial charge < -0.3 is 4.74 Å². The number of hydrogen-bond donors (Lipinski definition) is 0. The highest BCUT2D eigenvalue weighted by atomic mass is 79.9. The normalized spacial score (nSPS) is 12.1. The molecule has 0 aliphatic rings. The molecule has 0 aliphatic heterocycles. The van der Waals surface area contributed by atoms with Crippen LogP contribution >= 0.6 is 27.3 Å². The minimum absolute atomic E-state index is 0.255. The lowest BCUT2D eigenvalue weighted by atomic mass is 10.6. The Morgan fingerprint density at radius 2 is 2.00 bits per heavy atom. The summed E-state index contributed by atoms with van der Waals surface area (Å²) in [7, 11) is -1.96. The van der Waals surface area contributed by atoms with Crippen LogP contribution in [0.4, 0.5) is 0 Å². The molecule has 16 heavy (non-hydrogen) atoms. The van der Waals surface area contributed by atoms with Crippen LogP contribution in [0.5, 0.6) is 5.75 Å². The van der Waals surface area contributed by atoms with Crippen LogP contribution in [0, 0.1) is 0 Å². The third kappa shape index (κ3) is 2.42. The number of halogens is 1. The second-order valence-corrected chi connectivity index (χ2v) is 6.86. The van der Waals surface area contributed by atoms with Gasteiger partial charge in [-0.15, -0.1) is 11.3 Å². The third-order valence-corrected chi connectivity index (χ3v) is 6.57. The van der Waals surface area contributed by atoms with E-state index in [2.05, 4.69) is 15.9 Å². The van der Waals surface area contributed by atoms with Crippen LogP contribution in [-0.2, 0) is 10.0 Å². The molecule has 1 heterocycles. The standard InChI is InChI=1S/C9H14BrNO3S2/c1-4-11(5-2)16(12,13)9-8(14-3)7(10)6-15-9/h6H,4-5H2,1-3H3. The van der Waals surface area contributed by atoms with E-state index in [0.29, 0.717) is 23.3 Å². The number of thiophene rings is 1. The molecular formula is C9H14BrNO3S2. The zero-order valence-corrected chi connectivity index (χ0v) is 12.6. The largest absolute Gasteiger partial charge is 0.493 e. The van der Waals surface area contributed by atoms with Crippen molar-refractivity contribution in [2.75, 3.05) is 20.2 Å². The number of nitrogens with zero attached hydrogens (tertiary/aromatic N) is 1. The van der Waals surface area contributed by atoms with Crippen molar-refractivity contribution in [1.29, 1.82) is 0 Å². The van der Waals surface area contributed by atoms with E-state index in [1.165, 1.54) is 22.8 Å². The Bertz CT molecular complexity index is 451. The molecule has 0 radical (unpaired) electrons. The van der Waals surface area contributed by atoms with Crippen molar-refractivity contribution in [3.8, 4) is 5.75 Å². The molecule has 0 aliphatic carbocycles. The zero-order valence-electron chi connectivity index (χ0n) is 9.36. The van der Waals surface area contributed by atoms with Crippen LogP contribution in [0.25, 0.3) is 0 Å². The fourth-order valence-electron chi connectivity index (χ4n) is 1.35. The van der Waals surface area contributed by atoms with Gasteiger partial charge in [-0.3, -0.25) is 0 Å². The molecule has 0 bridgehead atoms. The lowest BCUT2D eigenvalue weighted by Crippen LogP contribution is -2.30. The van der Waals surface area contributed by atoms with Crippen molar-refractivity contribution >= 4 is 37.3 Å². The van der Waals surface area contributed by atoms with Crippen LogP contribution in [0.3, 0.4) is 0 Å². The van der Waals surface area contributed by atoms with Gasteiger partial charge >= 0.3 is 0 Å². The van der Waals surface area contributed by atoms with E-state index in [1.807, 2.05) is 13.8 Å². The van der Waals surface area contributed by atoms with Gasteiger partial charge in [0.05, 0.1) is 11.6 Å². The van der Waals surface area contributed by atoms with E-state index < -0.39 is 10.0 Å². The Morgan fingerprint density at radius 1 is 1.44 bits per heavy atom. The van der Waals surface area contributed by atoms with E-state index in [1.54, 1.807) is 5.38 Å². The molecular weight excluding hydrogens is 314 g/mol. The molecule has 0 aromatic carbocycles. The summed E-state index contributed by atoms with van der Waals surface area (Å²) in [4.78, 5) is 0. The maximum atomic E-state index is 12.2. The molecule has 0 saturated carbocycles. The number of sulfonamides is 1. The summed E-state index contributed by atoms with van der Waals surface area (Å²) in [5.41, 5.74) is 0. The predicted octanol–water partition coefficient (Wildman–Crippen LogP) is 2.55. The third-order valence-electron chi connectivity index (χ3n) is 2.16. The molecule has 1 aromatic heterocycles. The molecule has 0 unspecified atom stereocenters. The highest BCUT2D eigenvalue weighted by Gasteiger charge is 2.28. The van der Waals surface area contributed by atoms with Gasteiger partial charge in [-0.2, -0.15) is 4.31 Å². The molecule has 1 rings (SSSR count). The second kappa shape index (κ2) is 5.48. The summed E-state index contributed by atoms with van der Waals surface area (Å²) in [5.74, 6) is 0.386. The average Bonchev–Trinajstić information content (AvgIpc) is 2.61. The quantitative estimate of drug-likeness (QED) is 0.834. The van der Waals surface area contributed by atoms with Crippen LogP contribution < -0.4 is 4.74 Å². The van der Waals surface area contributed by atoms with Crippen molar-refractivity contribution in [3.05, 3.63) is 9.85 Å². The molecule has 0 saturated heterocycles. The molecule has 92 valence electrons. The number of ether oxygens (including phenoxy) is 1. The first-order valence-corrected chi connectivity index (χ1v) is 7.91. The van der Waals surface area contributed by atoms with Gasteiger partial charge in [-0.05, 0) is 15.9 Å². The lowest BCUT2D eigenvalue weighted by Gasteiger charge is -2.17. The van der Waals surface area contributed by atoms with E-state index in [9.17, 15) is 8.42 Å². The van der Waals surface area contributed by atoms with Gasteiger partial charge in [0.15, 0.2) is 9.96 Å². The van der Waals surface area contributed by atoms with Crippen molar-refractivity contribution < 1.29 is 13.2 Å². The fourth-order valence-corrected chi connectivity index (χ4v) is 5.16. The summed E-state index contributed by atoms with van der Waals surface area (Å²) in [6.07, 6.45) is 0. The Kier molecular flexibility index (Phi) is 4.78. The summed E-state index contributed by atoms with van der Waals surface area (Å²) < 4.78 is 31.9. The van der Waals surface area contributed by atoms with Crippen LogP contribution in [0.1, 0.15) is 13.8 Å². The Labute approximate surface area is 108 Å². The summed E-state index contributed by atoms with van der Waals surface area (Å²) in [6.45, 7) is 4.54. The highest BCUT2D eigenvalue weighted by Crippen LogP contribution is 2.39. The number of rotatable bonds is 5. The Balaban J connectivity index is 3.26. The predicted molar refractivity (Wildman–Crippen MR) is 68.7 cm³/mol. The van der Waals surface area contributed by atoms with Gasteiger partial charge in [0.2, 0.25) is 0 Å². The van der Waals surface area contributed by atoms with Gasteiger partial charge in [0.25, 0.3) is 10.0 Å². The molecule has 0 amide bonds. The molecule has 7 heteroatoms. The zero-order chi connectivity index (χ0) is 12.3. The monoisotopic (exact) mass is 327 g/mol. The van der Waals surface area contributed by atoms with Crippen molar-refractivity contribution in [2.24, 2.45) is 0 Å². The maximum absolute atomic E-state index is 12.2. The molecule has 0 fully saturated rings. The van der Waals surface area contributed by atoms with Gasteiger partial charge in [0.1, 0.15) is 0 Å². The van der Waals surface area contributed by atoms with E-state index in [0.717, 1.165) is 0 Å². The minimum Gasteiger partial charge on any atom is -0.493 e. The van der Waals surface area contributed by atoms with E-state index in [-0.39, 0.29) is 4.21 Å². The SMILES string of the molecule is CCN(CC)S(=O)(=O)c1scc(Br)c1OC. The lowest BCUT2D eigenvalue weighted by molar-refractivity contribution is 0.398. The number of hydrogen-bond acceptors (Lipinski definition) is 4. The van der Waals surface area contributed by atoms with Gasteiger partial charge in [-0.1, -0.05) is 13.8 Å². The van der Waals surface area contributed by atoms with E-state index in [4.69, 9.17) is 4.74 Å². The molecule has 0 N–H and O–H groups in total. The molecule has 0 spiro atoms. The first-order chi connectivity index (χ1) is 7.48. The highest BCUT2D eigenvalue weighted by molar-refractivity contribution is 9.10. The topological polar surface area (TPSA) is 46.6 Å². The summed E-state index contributed by atoms with van der Waals surface area (Å²) in [5, 5.41) is 1.72. The van der Waals surface area contributed by atoms with Gasteiger partial charge in [0, 0.05) is 18.5 Å². The minimum atomic E-state index is -3.43. The fraction of sp³-hybridized carbons (Fsp3) is 0.556. The molecule has 4 nitrogen and oxygen atoms in total. The summed E-state index contributed by atoms with van der Waals surface area (Å²) in [6, 6.07) is 0. The Morgan fingerprint density at radius 3 is 2.44 bits per heavy atom. The summed E-state index contributed by atoms with van der Waals surface area (Å²) >= 11 is 4.43. The van der Waals surface area contributed by atoms with Crippen molar-refractivity contribution in [3.63, 3.8) is 0 Å². The van der Waals surface area contributed by atoms with Crippen molar-refractivity contribution in [2.45, 2.75) is 18.1 Å². The average molecular weight is 328 g/mol. The van der Waals surface area contributed by atoms with Crippen LogP contribution in [0.15, 0.2) is 14.1 Å². The maximum Gasteiger partial charge on any atom is 0.256 e. The first kappa shape index (κ1) is 14.0. The van der Waals surface area contributed by atoms with Crippen LogP contribution in [0.2, 0.25) is 0 Å². The number of methoxy groups -OCH3 is 1. The first-order valence-electron chi connectivity index (χ1n) is 4.80. The molecule has 0 atom stereocenters. The second-order valence-electron chi connectivity index (χ2n) is 2.99. The Hall–Kier alpha value is -0.110. The van der Waals surface area contributed by atoms with Gasteiger partial charge in [-0.25, -0.2) is 8.42 Å². The van der Waals surface area contributed by atoms with Crippen molar-refractivity contribution in [1.82, 2.24) is 4.31 Å². The van der Waals surface area contributed by atoms with Crippen LogP contribution in [-0.4, -0.2) is 32.9 Å².